The van der Waals surface area contributed by atoms with Crippen molar-refractivity contribution >= 4 is 40.4 Å². The largest absolute Gasteiger partial charge is 0.343 e. The summed E-state index contributed by atoms with van der Waals surface area (Å²) < 4.78 is 0. The van der Waals surface area contributed by atoms with E-state index >= 15 is 0 Å². The molecular formula is C33H33ClN6O3. The van der Waals surface area contributed by atoms with Crippen LogP contribution >= 0.6 is 11.6 Å². The van der Waals surface area contributed by atoms with Crippen LogP contribution in [-0.2, 0) is 35.6 Å². The van der Waals surface area contributed by atoms with Gasteiger partial charge in [-0.2, -0.15) is 5.10 Å². The van der Waals surface area contributed by atoms with Gasteiger partial charge < -0.3 is 9.80 Å². The Labute approximate surface area is 254 Å². The van der Waals surface area contributed by atoms with Crippen LogP contribution in [0.1, 0.15) is 47.1 Å². The number of aromatic amines is 1. The Kier molecular flexibility index (Phi) is 7.36. The summed E-state index contributed by atoms with van der Waals surface area (Å²) in [7, 11) is 0. The molecule has 7 rings (SSSR count). The van der Waals surface area contributed by atoms with Gasteiger partial charge in [0.15, 0.2) is 0 Å². The molecule has 0 spiro atoms. The quantitative estimate of drug-likeness (QED) is 0.329. The van der Waals surface area contributed by atoms with Gasteiger partial charge in [-0.1, -0.05) is 35.9 Å². The molecule has 0 bridgehead atoms. The molecule has 220 valence electrons. The molecule has 10 heteroatoms. The van der Waals surface area contributed by atoms with E-state index in [0.717, 1.165) is 57.3 Å². The lowest BCUT2D eigenvalue weighted by molar-refractivity contribution is -0.142. The highest BCUT2D eigenvalue weighted by molar-refractivity contribution is 6.35. The first-order chi connectivity index (χ1) is 20.9. The van der Waals surface area contributed by atoms with E-state index in [1.165, 1.54) is 5.06 Å². The lowest BCUT2D eigenvalue weighted by atomic mass is 9.88. The Morgan fingerprint density at radius 2 is 1.86 bits per heavy atom. The van der Waals surface area contributed by atoms with Crippen molar-refractivity contribution in [2.24, 2.45) is 11.8 Å². The van der Waals surface area contributed by atoms with Crippen molar-refractivity contribution in [1.29, 1.82) is 0 Å². The molecule has 2 N–H and O–H groups in total. The molecule has 0 aliphatic carbocycles. The molecule has 3 aliphatic rings. The Morgan fingerprint density at radius 3 is 2.67 bits per heavy atom. The fourth-order valence-electron chi connectivity index (χ4n) is 6.83. The summed E-state index contributed by atoms with van der Waals surface area (Å²) in [4.78, 5) is 35.6. The number of hydroxylamine groups is 2. The number of H-pyrrole nitrogens is 1. The van der Waals surface area contributed by atoms with Gasteiger partial charge in [0.1, 0.15) is 0 Å². The number of pyridine rings is 1. The zero-order valence-electron chi connectivity index (χ0n) is 23.7. The number of amides is 2. The maximum absolute atomic E-state index is 14.0. The number of piperidine rings is 1. The summed E-state index contributed by atoms with van der Waals surface area (Å²) in [5.41, 5.74) is 6.88. The minimum Gasteiger partial charge on any atom is -0.343 e. The standard InChI is InChI=1S/C33H33ClN6O3/c34-29-14-25-13-26(33(42)39(18-21-5-9-35-10-6-21)20-28(25)27-17-36-37-32(27)29)16-31(41)38-11-7-22(8-12-38)30-15-23-3-1-2-4-24(23)19-40(30)43/h1-6,9-10,14-15,17,22,26,43H,7-8,11-13,16,18-20H2,(H,36,37)/t26-/m0/s1. The third-order valence-electron chi connectivity index (χ3n) is 9.15. The topological polar surface area (TPSA) is 106 Å². The molecular weight excluding hydrogens is 564 g/mol. The molecule has 1 atom stereocenters. The number of carbonyl (C=O) groups is 2. The third-order valence-corrected chi connectivity index (χ3v) is 9.45. The van der Waals surface area contributed by atoms with E-state index in [0.29, 0.717) is 44.2 Å². The molecule has 2 aromatic heterocycles. The molecule has 0 saturated carbocycles. The maximum Gasteiger partial charge on any atom is 0.227 e. The number of hydrogen-bond donors (Lipinski definition) is 2. The van der Waals surface area contributed by atoms with E-state index in [4.69, 9.17) is 11.6 Å². The van der Waals surface area contributed by atoms with E-state index in [1.54, 1.807) is 18.6 Å². The number of fused-ring (bicyclic) bond motifs is 4. The number of allylic oxidation sites excluding steroid dienone is 1. The number of benzene rings is 2. The summed E-state index contributed by atoms with van der Waals surface area (Å²) in [5.74, 6) is -0.377. The second kappa shape index (κ2) is 11.5. The molecule has 3 aliphatic heterocycles. The number of rotatable bonds is 5. The van der Waals surface area contributed by atoms with Gasteiger partial charge in [0, 0.05) is 62.0 Å². The molecule has 5 heterocycles. The van der Waals surface area contributed by atoms with E-state index in [-0.39, 0.29) is 24.2 Å². The van der Waals surface area contributed by atoms with Gasteiger partial charge >= 0.3 is 0 Å². The Hall–Kier alpha value is -4.21. The monoisotopic (exact) mass is 596 g/mol. The van der Waals surface area contributed by atoms with Crippen molar-refractivity contribution in [3.8, 4) is 0 Å². The summed E-state index contributed by atoms with van der Waals surface area (Å²) in [5, 5.41) is 20.7. The molecule has 9 nitrogen and oxygen atoms in total. The second-order valence-corrected chi connectivity index (χ2v) is 12.2. The average Bonchev–Trinajstić information content (AvgIpc) is 3.49. The lowest BCUT2D eigenvalue weighted by Gasteiger charge is -2.37. The average molecular weight is 597 g/mol. The number of halogens is 1. The second-order valence-electron chi connectivity index (χ2n) is 11.8. The van der Waals surface area contributed by atoms with Crippen LogP contribution in [0.4, 0.5) is 0 Å². The van der Waals surface area contributed by atoms with Crippen LogP contribution in [-0.4, -0.2) is 60.2 Å². The molecule has 2 amide bonds. The summed E-state index contributed by atoms with van der Waals surface area (Å²) >= 11 is 6.60. The molecule has 2 aromatic carbocycles. The Morgan fingerprint density at radius 1 is 1.07 bits per heavy atom. The highest BCUT2D eigenvalue weighted by Crippen LogP contribution is 2.36. The highest BCUT2D eigenvalue weighted by atomic mass is 35.5. The third kappa shape index (κ3) is 5.39. The lowest BCUT2D eigenvalue weighted by Crippen LogP contribution is -2.43. The van der Waals surface area contributed by atoms with Gasteiger partial charge in [-0.25, -0.2) is 0 Å². The highest BCUT2D eigenvalue weighted by Gasteiger charge is 2.35. The maximum atomic E-state index is 14.0. The van der Waals surface area contributed by atoms with Crippen molar-refractivity contribution in [3.05, 3.63) is 99.6 Å². The zero-order chi connectivity index (χ0) is 29.5. The SMILES string of the molecule is O=C(C[C@@H]1Cc2cc(Cl)c3[nH]ncc3c2CN(Cc2ccncc2)C1=O)N1CCC(C2=Cc3ccccc3CN2O)CC1. The molecule has 4 aromatic rings. The number of likely N-dealkylation sites (tertiary alicyclic amines) is 1. The summed E-state index contributed by atoms with van der Waals surface area (Å²) in [6, 6.07) is 13.8. The molecule has 0 radical (unpaired) electrons. The summed E-state index contributed by atoms with van der Waals surface area (Å²) in [6.07, 6.45) is 9.39. The van der Waals surface area contributed by atoms with Crippen LogP contribution in [0.3, 0.4) is 0 Å². The van der Waals surface area contributed by atoms with Gasteiger partial charge in [-0.15, -0.1) is 0 Å². The van der Waals surface area contributed by atoms with Crippen molar-refractivity contribution in [1.82, 2.24) is 30.0 Å². The van der Waals surface area contributed by atoms with Crippen molar-refractivity contribution in [2.45, 2.75) is 45.3 Å². The number of nitrogens with zero attached hydrogens (tertiary/aromatic N) is 5. The van der Waals surface area contributed by atoms with E-state index in [9.17, 15) is 14.8 Å². The predicted molar refractivity (Wildman–Crippen MR) is 162 cm³/mol. The first kappa shape index (κ1) is 27.6. The minimum atomic E-state index is -0.501. The van der Waals surface area contributed by atoms with E-state index in [2.05, 4.69) is 27.3 Å². The van der Waals surface area contributed by atoms with Crippen molar-refractivity contribution < 1.29 is 14.8 Å². The van der Waals surface area contributed by atoms with E-state index < -0.39 is 5.92 Å². The predicted octanol–water partition coefficient (Wildman–Crippen LogP) is 5.19. The van der Waals surface area contributed by atoms with Crippen LogP contribution in [0, 0.1) is 11.8 Å². The van der Waals surface area contributed by atoms with Gasteiger partial charge in [-0.05, 0) is 71.4 Å². The van der Waals surface area contributed by atoms with Gasteiger partial charge in [-0.3, -0.25) is 29.9 Å². The van der Waals surface area contributed by atoms with Crippen LogP contribution in [0.25, 0.3) is 17.0 Å². The summed E-state index contributed by atoms with van der Waals surface area (Å²) in [6.45, 7) is 2.49. The smallest absolute Gasteiger partial charge is 0.227 e. The minimum absolute atomic E-state index is 0.0107. The normalized spacial score (nSPS) is 19.2. The van der Waals surface area contributed by atoms with Crippen LogP contribution in [0.15, 0.2) is 66.8 Å². The molecule has 43 heavy (non-hydrogen) atoms. The molecule has 1 saturated heterocycles. The van der Waals surface area contributed by atoms with Gasteiger partial charge in [0.05, 0.1) is 29.2 Å². The van der Waals surface area contributed by atoms with Gasteiger partial charge in [0.25, 0.3) is 0 Å². The first-order valence-electron chi connectivity index (χ1n) is 14.8. The van der Waals surface area contributed by atoms with Crippen LogP contribution in [0.5, 0.6) is 0 Å². The fraction of sp³-hybridized carbons (Fsp3) is 0.333. The fourth-order valence-corrected chi connectivity index (χ4v) is 7.11. The number of nitrogens with one attached hydrogen (secondary N) is 1. The van der Waals surface area contributed by atoms with Crippen LogP contribution < -0.4 is 0 Å². The van der Waals surface area contributed by atoms with Crippen molar-refractivity contribution in [3.63, 3.8) is 0 Å². The van der Waals surface area contributed by atoms with Crippen LogP contribution in [0.2, 0.25) is 5.02 Å². The first-order valence-corrected chi connectivity index (χ1v) is 15.2. The van der Waals surface area contributed by atoms with Crippen molar-refractivity contribution in [2.75, 3.05) is 13.1 Å². The molecule has 1 fully saturated rings. The number of hydrogen-bond acceptors (Lipinski definition) is 6. The zero-order valence-corrected chi connectivity index (χ0v) is 24.5. The number of carbonyl (C=O) groups excluding carboxylic acids is 2. The molecule has 0 unspecified atom stereocenters. The Balaban J connectivity index is 1.09. The Bertz CT molecular complexity index is 1710. The van der Waals surface area contributed by atoms with Gasteiger partial charge in [0.2, 0.25) is 11.8 Å². The van der Waals surface area contributed by atoms with E-state index in [1.807, 2.05) is 46.2 Å². The number of aromatic nitrogens is 3.